The van der Waals surface area contributed by atoms with Crippen molar-refractivity contribution in [2.24, 2.45) is 0 Å². The molecule has 0 unspecified atom stereocenters. The number of rotatable bonds is 3. The molecule has 1 aliphatic heterocycles. The number of anilines is 1. The molecule has 2 aromatic rings. The van der Waals surface area contributed by atoms with Gasteiger partial charge in [0.15, 0.2) is 0 Å². The van der Waals surface area contributed by atoms with Gasteiger partial charge >= 0.3 is 0 Å². The molecule has 4 nitrogen and oxygen atoms in total. The smallest absolute Gasteiger partial charge is 0.254 e. The minimum absolute atomic E-state index is 0.163. The van der Waals surface area contributed by atoms with E-state index in [1.54, 1.807) is 17.0 Å². The van der Waals surface area contributed by atoms with Crippen molar-refractivity contribution in [3.63, 3.8) is 0 Å². The van der Waals surface area contributed by atoms with Crippen molar-refractivity contribution in [1.82, 2.24) is 5.32 Å². The lowest BCUT2D eigenvalue weighted by Gasteiger charge is -2.19. The second-order valence-electron chi connectivity index (χ2n) is 5.72. The topological polar surface area (TPSA) is 49.4 Å². The number of nitrogens with one attached hydrogen (secondary N) is 1. The highest BCUT2D eigenvalue weighted by Crippen LogP contribution is 2.41. The van der Waals surface area contributed by atoms with Gasteiger partial charge in [0, 0.05) is 12.5 Å². The lowest BCUT2D eigenvalue weighted by molar-refractivity contribution is -0.126. The summed E-state index contributed by atoms with van der Waals surface area (Å²) in [5, 5.41) is 3.22. The van der Waals surface area contributed by atoms with Crippen molar-refractivity contribution in [3.05, 3.63) is 64.2 Å². The minimum Gasteiger partial charge on any atom is -0.341 e. The first-order valence-electron chi connectivity index (χ1n) is 7.40. The second kappa shape index (κ2) is 6.05. The maximum atomic E-state index is 12.8. The Morgan fingerprint density at radius 3 is 2.57 bits per heavy atom. The summed E-state index contributed by atoms with van der Waals surface area (Å²) in [6.45, 7) is 3.84. The minimum atomic E-state index is -0.674. The van der Waals surface area contributed by atoms with Crippen molar-refractivity contribution >= 4 is 29.1 Å². The molecule has 0 bridgehead atoms. The standard InChI is InChI=1S/C18H17ClN2O2/c1-11-6-8-13(9-7-11)10-21-17-14(4-3-5-15(17)19)16(18(21)23)20-12(2)22/h3-9,16H,10H2,1-2H3,(H,20,22)/t16-/m1/s1. The van der Waals surface area contributed by atoms with Crippen LogP contribution in [0.15, 0.2) is 42.5 Å². The fourth-order valence-electron chi connectivity index (χ4n) is 2.82. The predicted molar refractivity (Wildman–Crippen MR) is 90.4 cm³/mol. The monoisotopic (exact) mass is 328 g/mol. The third-order valence-electron chi connectivity index (χ3n) is 3.92. The largest absolute Gasteiger partial charge is 0.341 e. The van der Waals surface area contributed by atoms with Crippen molar-refractivity contribution in [1.29, 1.82) is 0 Å². The van der Waals surface area contributed by atoms with E-state index in [0.29, 0.717) is 17.3 Å². The van der Waals surface area contributed by atoms with Crippen molar-refractivity contribution in [2.45, 2.75) is 26.4 Å². The Morgan fingerprint density at radius 1 is 1.22 bits per heavy atom. The number of carbonyl (C=O) groups excluding carboxylic acids is 2. The van der Waals surface area contributed by atoms with Gasteiger partial charge in [-0.2, -0.15) is 0 Å². The first-order valence-corrected chi connectivity index (χ1v) is 7.77. The molecule has 2 amide bonds. The van der Waals surface area contributed by atoms with Gasteiger partial charge in [-0.05, 0) is 18.6 Å². The van der Waals surface area contributed by atoms with E-state index in [9.17, 15) is 9.59 Å². The number of benzene rings is 2. The molecule has 0 fully saturated rings. The summed E-state index contributed by atoms with van der Waals surface area (Å²) in [5.74, 6) is -0.407. The van der Waals surface area contributed by atoms with E-state index in [0.717, 1.165) is 16.7 Å². The molecule has 1 N–H and O–H groups in total. The van der Waals surface area contributed by atoms with Gasteiger partial charge < -0.3 is 10.2 Å². The number of fused-ring (bicyclic) bond motifs is 1. The maximum Gasteiger partial charge on any atom is 0.254 e. The Hall–Kier alpha value is -2.33. The van der Waals surface area contributed by atoms with Crippen LogP contribution in [0.3, 0.4) is 0 Å². The Morgan fingerprint density at radius 2 is 1.91 bits per heavy atom. The van der Waals surface area contributed by atoms with Crippen molar-refractivity contribution < 1.29 is 9.59 Å². The van der Waals surface area contributed by atoms with Crippen LogP contribution in [0.4, 0.5) is 5.69 Å². The molecule has 0 aliphatic carbocycles. The van der Waals surface area contributed by atoms with Gasteiger partial charge in [-0.3, -0.25) is 9.59 Å². The van der Waals surface area contributed by atoms with E-state index in [1.807, 2.05) is 37.3 Å². The molecule has 5 heteroatoms. The first kappa shape index (κ1) is 15.6. The average molecular weight is 329 g/mol. The third-order valence-corrected chi connectivity index (χ3v) is 4.23. The first-order chi connectivity index (χ1) is 11.0. The average Bonchev–Trinajstić information content (AvgIpc) is 2.76. The Kier molecular flexibility index (Phi) is 4.09. The van der Waals surface area contributed by atoms with E-state index in [2.05, 4.69) is 5.32 Å². The number of aryl methyl sites for hydroxylation is 1. The summed E-state index contributed by atoms with van der Waals surface area (Å²) >= 11 is 6.32. The number of hydrogen-bond donors (Lipinski definition) is 1. The van der Waals surface area contributed by atoms with Crippen LogP contribution in [0, 0.1) is 6.92 Å². The molecule has 0 spiro atoms. The van der Waals surface area contributed by atoms with Gasteiger partial charge in [-0.15, -0.1) is 0 Å². The maximum absolute atomic E-state index is 12.8. The number of nitrogens with zero attached hydrogens (tertiary/aromatic N) is 1. The molecular formula is C18H17ClN2O2. The Bertz CT molecular complexity index is 771. The number of hydrogen-bond acceptors (Lipinski definition) is 2. The molecule has 0 aromatic heterocycles. The molecule has 1 atom stereocenters. The van der Waals surface area contributed by atoms with Crippen LogP contribution >= 0.6 is 11.6 Å². The quantitative estimate of drug-likeness (QED) is 0.939. The van der Waals surface area contributed by atoms with Gasteiger partial charge in [0.1, 0.15) is 6.04 Å². The van der Waals surface area contributed by atoms with E-state index in [-0.39, 0.29) is 11.8 Å². The van der Waals surface area contributed by atoms with E-state index in [4.69, 9.17) is 11.6 Å². The van der Waals surface area contributed by atoms with Crippen LogP contribution in [0.2, 0.25) is 5.02 Å². The van der Waals surface area contributed by atoms with Gasteiger partial charge in [-0.25, -0.2) is 0 Å². The zero-order valence-electron chi connectivity index (χ0n) is 13.0. The highest BCUT2D eigenvalue weighted by atomic mass is 35.5. The van der Waals surface area contributed by atoms with Gasteiger partial charge in [0.05, 0.1) is 17.3 Å². The summed E-state index contributed by atoms with van der Waals surface area (Å²) in [5.41, 5.74) is 3.60. The summed E-state index contributed by atoms with van der Waals surface area (Å²) in [7, 11) is 0. The van der Waals surface area contributed by atoms with Crippen LogP contribution < -0.4 is 10.2 Å². The number of amides is 2. The molecule has 3 rings (SSSR count). The van der Waals surface area contributed by atoms with Crippen LogP contribution in [0.25, 0.3) is 0 Å². The highest BCUT2D eigenvalue weighted by molar-refractivity contribution is 6.34. The fourth-order valence-corrected chi connectivity index (χ4v) is 3.11. The molecule has 1 heterocycles. The number of halogens is 1. The molecule has 0 radical (unpaired) electrons. The summed E-state index contributed by atoms with van der Waals surface area (Å²) in [6.07, 6.45) is 0. The number of para-hydroxylation sites is 1. The molecule has 2 aromatic carbocycles. The SMILES string of the molecule is CC(=O)N[C@H]1C(=O)N(Cc2ccc(C)cc2)c2c(Cl)cccc21. The predicted octanol–water partition coefficient (Wildman–Crippen LogP) is 3.37. The van der Waals surface area contributed by atoms with Gasteiger partial charge in [0.2, 0.25) is 5.91 Å². The van der Waals surface area contributed by atoms with Crippen LogP contribution in [0.1, 0.15) is 29.7 Å². The van der Waals surface area contributed by atoms with E-state index >= 15 is 0 Å². The molecule has 23 heavy (non-hydrogen) atoms. The van der Waals surface area contributed by atoms with Crippen LogP contribution in [-0.4, -0.2) is 11.8 Å². The van der Waals surface area contributed by atoms with Gasteiger partial charge in [-0.1, -0.05) is 53.6 Å². The molecular weight excluding hydrogens is 312 g/mol. The van der Waals surface area contributed by atoms with E-state index < -0.39 is 6.04 Å². The Labute approximate surface area is 140 Å². The van der Waals surface area contributed by atoms with Crippen LogP contribution in [-0.2, 0) is 16.1 Å². The normalized spacial score (nSPS) is 16.4. The van der Waals surface area contributed by atoms with E-state index in [1.165, 1.54) is 6.92 Å². The van der Waals surface area contributed by atoms with Gasteiger partial charge in [0.25, 0.3) is 5.91 Å². The molecule has 0 saturated carbocycles. The molecule has 1 aliphatic rings. The molecule has 118 valence electrons. The highest BCUT2D eigenvalue weighted by Gasteiger charge is 2.39. The summed E-state index contributed by atoms with van der Waals surface area (Å²) in [4.78, 5) is 25.8. The zero-order chi connectivity index (χ0) is 16.6. The summed E-state index contributed by atoms with van der Waals surface area (Å²) < 4.78 is 0. The molecule has 0 saturated heterocycles. The number of carbonyl (C=O) groups is 2. The fraction of sp³-hybridized carbons (Fsp3) is 0.222. The third kappa shape index (κ3) is 2.94. The second-order valence-corrected chi connectivity index (χ2v) is 6.13. The van der Waals surface area contributed by atoms with Crippen LogP contribution in [0.5, 0.6) is 0 Å². The Balaban J connectivity index is 1.99. The van der Waals surface area contributed by atoms with Crippen molar-refractivity contribution in [3.8, 4) is 0 Å². The lowest BCUT2D eigenvalue weighted by atomic mass is 10.1. The zero-order valence-corrected chi connectivity index (χ0v) is 13.7. The van der Waals surface area contributed by atoms with Crippen molar-refractivity contribution in [2.75, 3.05) is 4.90 Å². The lowest BCUT2D eigenvalue weighted by Crippen LogP contribution is -2.36. The summed E-state index contributed by atoms with van der Waals surface area (Å²) in [6, 6.07) is 12.7.